The lowest BCUT2D eigenvalue weighted by Crippen LogP contribution is -2.44. The van der Waals surface area contributed by atoms with Crippen LogP contribution in [0, 0.1) is 25.2 Å². The summed E-state index contributed by atoms with van der Waals surface area (Å²) in [5.41, 5.74) is 0.372. The third kappa shape index (κ3) is 3.59. The van der Waals surface area contributed by atoms with Crippen LogP contribution in [0.3, 0.4) is 0 Å². The molecule has 8 nitrogen and oxygen atoms in total. The maximum absolute atomic E-state index is 15.3. The van der Waals surface area contributed by atoms with E-state index in [0.717, 1.165) is 19.3 Å². The first kappa shape index (κ1) is 21.4. The highest BCUT2D eigenvalue weighted by atomic mass is 19.1. The van der Waals surface area contributed by atoms with Crippen LogP contribution < -0.4 is 22.0 Å². The molecule has 2 aromatic rings. The highest BCUT2D eigenvalue weighted by molar-refractivity contribution is 5.87. The number of nitrogens with two attached hydrogens (primary N) is 1. The van der Waals surface area contributed by atoms with Crippen molar-refractivity contribution in [3.63, 3.8) is 0 Å². The Hall–Kier alpha value is -2.86. The molecule has 0 spiro atoms. The SMILES string of the molecule is [C-]#[N+]CCN(C)C(C)C1CCN(c2c(F)cc3c(=O)n(N)c(=O)n(C4CC4)c3c2C)C1. The van der Waals surface area contributed by atoms with Crippen LogP contribution in [0.5, 0.6) is 0 Å². The molecule has 1 aliphatic carbocycles. The number of hydrogen-bond acceptors (Lipinski definition) is 5. The highest BCUT2D eigenvalue weighted by Crippen LogP contribution is 2.39. The summed E-state index contributed by atoms with van der Waals surface area (Å²) in [6.07, 6.45) is 2.61. The molecule has 2 atom stereocenters. The predicted molar refractivity (Wildman–Crippen MR) is 119 cm³/mol. The van der Waals surface area contributed by atoms with Gasteiger partial charge >= 0.3 is 5.69 Å². The summed E-state index contributed by atoms with van der Waals surface area (Å²) >= 11 is 0. The van der Waals surface area contributed by atoms with Crippen molar-refractivity contribution in [1.29, 1.82) is 0 Å². The van der Waals surface area contributed by atoms with Crippen molar-refractivity contribution in [2.75, 3.05) is 44.0 Å². The van der Waals surface area contributed by atoms with E-state index in [4.69, 9.17) is 12.4 Å². The number of nitrogen functional groups attached to an aromatic ring is 1. The molecule has 1 aromatic carbocycles. The molecule has 2 N–H and O–H groups in total. The van der Waals surface area contributed by atoms with E-state index in [9.17, 15) is 9.59 Å². The van der Waals surface area contributed by atoms with E-state index in [1.165, 1.54) is 6.07 Å². The van der Waals surface area contributed by atoms with Crippen LogP contribution in [0.15, 0.2) is 15.7 Å². The Labute approximate surface area is 180 Å². The van der Waals surface area contributed by atoms with E-state index >= 15 is 4.39 Å². The summed E-state index contributed by atoms with van der Waals surface area (Å²) in [7, 11) is 2.02. The maximum atomic E-state index is 15.3. The lowest BCUT2D eigenvalue weighted by Gasteiger charge is -2.29. The van der Waals surface area contributed by atoms with Gasteiger partial charge in [-0.05, 0) is 52.1 Å². The molecule has 4 rings (SSSR count). The molecule has 166 valence electrons. The third-order valence-corrected chi connectivity index (χ3v) is 6.96. The van der Waals surface area contributed by atoms with E-state index < -0.39 is 17.1 Å². The average molecular weight is 429 g/mol. The first-order valence-corrected chi connectivity index (χ1v) is 10.8. The fourth-order valence-electron chi connectivity index (χ4n) is 4.87. The van der Waals surface area contributed by atoms with Gasteiger partial charge in [0.1, 0.15) is 5.82 Å². The molecule has 2 aliphatic rings. The second kappa shape index (κ2) is 8.00. The lowest BCUT2D eigenvalue weighted by atomic mass is 9.99. The van der Waals surface area contributed by atoms with Crippen molar-refractivity contribution in [2.24, 2.45) is 5.92 Å². The average Bonchev–Trinajstić information content (AvgIpc) is 3.47. The van der Waals surface area contributed by atoms with Crippen LogP contribution in [0.25, 0.3) is 15.7 Å². The van der Waals surface area contributed by atoms with Gasteiger partial charge in [-0.15, -0.1) is 0 Å². The summed E-state index contributed by atoms with van der Waals surface area (Å²) in [6.45, 7) is 13.5. The van der Waals surface area contributed by atoms with Gasteiger partial charge in [-0.3, -0.25) is 14.3 Å². The largest absolute Gasteiger partial charge is 0.369 e. The molecule has 31 heavy (non-hydrogen) atoms. The Kier molecular flexibility index (Phi) is 5.52. The number of benzene rings is 1. The number of fused-ring (bicyclic) bond motifs is 1. The third-order valence-electron chi connectivity index (χ3n) is 6.96. The first-order valence-electron chi connectivity index (χ1n) is 10.8. The second-order valence-electron chi connectivity index (χ2n) is 8.88. The summed E-state index contributed by atoms with van der Waals surface area (Å²) in [5.74, 6) is 5.58. The molecule has 2 heterocycles. The van der Waals surface area contributed by atoms with Crippen LogP contribution in [0.1, 0.15) is 37.8 Å². The van der Waals surface area contributed by atoms with E-state index in [1.807, 2.05) is 11.9 Å². The van der Waals surface area contributed by atoms with Crippen molar-refractivity contribution in [3.05, 3.63) is 49.7 Å². The van der Waals surface area contributed by atoms with E-state index in [1.54, 1.807) is 11.5 Å². The van der Waals surface area contributed by atoms with Gasteiger partial charge in [-0.2, -0.15) is 4.68 Å². The molecule has 2 fully saturated rings. The molecule has 0 radical (unpaired) electrons. The minimum atomic E-state index is -0.667. The van der Waals surface area contributed by atoms with Crippen molar-refractivity contribution < 1.29 is 4.39 Å². The Balaban J connectivity index is 1.74. The minimum absolute atomic E-state index is 0.00450. The first-order chi connectivity index (χ1) is 14.8. The number of aromatic nitrogens is 2. The second-order valence-corrected chi connectivity index (χ2v) is 8.88. The van der Waals surface area contributed by atoms with Gasteiger partial charge in [-0.25, -0.2) is 15.8 Å². The summed E-state index contributed by atoms with van der Waals surface area (Å²) in [5, 5.41) is 0.149. The number of likely N-dealkylation sites (N-methyl/N-ethyl adjacent to an activating group) is 1. The Morgan fingerprint density at radius 2 is 2.06 bits per heavy atom. The van der Waals surface area contributed by atoms with Gasteiger partial charge < -0.3 is 15.6 Å². The number of aryl methyl sites for hydroxylation is 1. The maximum Gasteiger partial charge on any atom is 0.350 e. The molecular formula is C22H29FN6O2. The molecule has 1 saturated carbocycles. The van der Waals surface area contributed by atoms with E-state index in [2.05, 4.69) is 16.7 Å². The van der Waals surface area contributed by atoms with Gasteiger partial charge in [0.2, 0.25) is 6.54 Å². The number of halogens is 1. The Bertz CT molecular complexity index is 1180. The molecule has 9 heteroatoms. The quantitative estimate of drug-likeness (QED) is 0.560. The normalized spacial score (nSPS) is 19.9. The molecule has 0 amide bonds. The fraction of sp³-hybridized carbons (Fsp3) is 0.591. The zero-order valence-corrected chi connectivity index (χ0v) is 18.3. The molecule has 2 unspecified atom stereocenters. The van der Waals surface area contributed by atoms with Crippen LogP contribution in [0.4, 0.5) is 10.1 Å². The zero-order chi connectivity index (χ0) is 22.4. The number of anilines is 1. The number of nitrogens with zero attached hydrogens (tertiary/aromatic N) is 5. The predicted octanol–water partition coefficient (Wildman–Crippen LogP) is 1.73. The smallest absolute Gasteiger partial charge is 0.350 e. The number of rotatable bonds is 6. The van der Waals surface area contributed by atoms with E-state index in [0.29, 0.717) is 53.5 Å². The van der Waals surface area contributed by atoms with E-state index in [-0.39, 0.29) is 17.5 Å². The number of hydrogen-bond donors (Lipinski definition) is 1. The minimum Gasteiger partial charge on any atom is -0.369 e. The van der Waals surface area contributed by atoms with Crippen molar-refractivity contribution >= 4 is 16.6 Å². The van der Waals surface area contributed by atoms with Crippen molar-refractivity contribution in [3.8, 4) is 0 Å². The van der Waals surface area contributed by atoms with Crippen molar-refractivity contribution in [2.45, 2.75) is 45.2 Å². The van der Waals surface area contributed by atoms with Gasteiger partial charge in [-0.1, -0.05) is 0 Å². The zero-order valence-electron chi connectivity index (χ0n) is 18.3. The van der Waals surface area contributed by atoms with Gasteiger partial charge in [0.15, 0.2) is 0 Å². The highest BCUT2D eigenvalue weighted by Gasteiger charge is 2.34. The summed E-state index contributed by atoms with van der Waals surface area (Å²) in [6, 6.07) is 1.51. The molecule has 1 aromatic heterocycles. The van der Waals surface area contributed by atoms with Crippen LogP contribution in [-0.4, -0.2) is 53.4 Å². The summed E-state index contributed by atoms with van der Waals surface area (Å²) < 4.78 is 17.4. The fourth-order valence-corrected chi connectivity index (χ4v) is 4.87. The monoisotopic (exact) mass is 428 g/mol. The standard InChI is InChI=1S/C22H29FN6O2/c1-13-19-17(21(30)29(24)22(31)28(19)16-5-6-16)11-18(23)20(13)27-9-7-15(12-27)14(2)26(4)10-8-25-3/h11,14-16H,5-10,12,24H2,1-2,4H3. The van der Waals surface area contributed by atoms with Gasteiger partial charge in [0.25, 0.3) is 5.56 Å². The topological polar surface area (TPSA) is 80.9 Å². The molecular weight excluding hydrogens is 399 g/mol. The van der Waals surface area contributed by atoms with Crippen LogP contribution >= 0.6 is 0 Å². The van der Waals surface area contributed by atoms with Gasteiger partial charge in [0.05, 0.1) is 23.1 Å². The summed E-state index contributed by atoms with van der Waals surface area (Å²) in [4.78, 5) is 33.0. The molecule has 1 aliphatic heterocycles. The Morgan fingerprint density at radius 1 is 1.35 bits per heavy atom. The van der Waals surface area contributed by atoms with Crippen molar-refractivity contribution in [1.82, 2.24) is 14.1 Å². The van der Waals surface area contributed by atoms with Crippen LogP contribution in [-0.2, 0) is 0 Å². The molecule has 1 saturated heterocycles. The lowest BCUT2D eigenvalue weighted by molar-refractivity contribution is 0.207. The van der Waals surface area contributed by atoms with Crippen LogP contribution in [0.2, 0.25) is 0 Å². The van der Waals surface area contributed by atoms with Gasteiger partial charge in [0, 0.05) is 30.7 Å². The molecule has 0 bridgehead atoms. The Morgan fingerprint density at radius 3 is 2.71 bits per heavy atom.